The number of carbonyl (C=O) groups excluding carboxylic acids is 1. The van der Waals surface area contributed by atoms with E-state index in [0.29, 0.717) is 12.2 Å². The summed E-state index contributed by atoms with van der Waals surface area (Å²) in [6, 6.07) is 0. The number of amides is 1. The molecular formula is C13H24N4O3S. The molecule has 0 saturated heterocycles. The number of carbonyl (C=O) groups is 1. The van der Waals surface area contributed by atoms with Crippen LogP contribution in [0.4, 0.5) is 5.95 Å². The fourth-order valence-corrected chi connectivity index (χ4v) is 3.02. The lowest BCUT2D eigenvalue weighted by atomic mass is 10.2. The summed E-state index contributed by atoms with van der Waals surface area (Å²) in [6.07, 6.45) is 2.38. The van der Waals surface area contributed by atoms with Gasteiger partial charge in [-0.15, -0.1) is 0 Å². The van der Waals surface area contributed by atoms with Crippen LogP contribution < -0.4 is 5.32 Å². The van der Waals surface area contributed by atoms with Crippen molar-refractivity contribution in [1.29, 1.82) is 0 Å². The Hall–Kier alpha value is -1.44. The lowest BCUT2D eigenvalue weighted by molar-refractivity contribution is -0.114. The smallest absolute Gasteiger partial charge is 0.241 e. The number of nitrogens with zero attached hydrogens (tertiary/aromatic N) is 3. The molecule has 0 aromatic carbocycles. The fraction of sp³-hybridized carbons (Fsp3) is 0.769. The summed E-state index contributed by atoms with van der Waals surface area (Å²) in [5.41, 5.74) is 0. The summed E-state index contributed by atoms with van der Waals surface area (Å²) in [6.45, 7) is 5.89. The third kappa shape index (κ3) is 5.82. The molecule has 0 unspecified atom stereocenters. The molecule has 21 heavy (non-hydrogen) atoms. The second kappa shape index (κ2) is 7.53. The van der Waals surface area contributed by atoms with E-state index in [1.807, 2.05) is 20.8 Å². The van der Waals surface area contributed by atoms with Crippen molar-refractivity contribution in [3.63, 3.8) is 0 Å². The van der Waals surface area contributed by atoms with Gasteiger partial charge in [-0.25, -0.2) is 13.1 Å². The molecule has 1 aromatic heterocycles. The SMILES string of the molecule is CCCCCS(=O)(=O)CC(=O)Nc1nc(C(C)C)nn1C. The molecule has 1 N–H and O–H groups in total. The monoisotopic (exact) mass is 316 g/mol. The number of aryl methyl sites for hydroxylation is 1. The first kappa shape index (κ1) is 17.6. The zero-order valence-electron chi connectivity index (χ0n) is 13.1. The molecule has 1 heterocycles. The Balaban J connectivity index is 2.61. The molecule has 0 atom stereocenters. The molecule has 1 aromatic rings. The molecule has 120 valence electrons. The summed E-state index contributed by atoms with van der Waals surface area (Å²) >= 11 is 0. The van der Waals surface area contributed by atoms with Gasteiger partial charge >= 0.3 is 0 Å². The standard InChI is InChI=1S/C13H24N4O3S/c1-5-6-7-8-21(19,20)9-11(18)14-13-15-12(10(2)3)16-17(13)4/h10H,5-9H2,1-4H3,(H,14,15,16,18). The van der Waals surface area contributed by atoms with Gasteiger partial charge in [0.2, 0.25) is 11.9 Å². The van der Waals surface area contributed by atoms with Crippen LogP contribution in [0.1, 0.15) is 51.8 Å². The van der Waals surface area contributed by atoms with Gasteiger partial charge in [0, 0.05) is 13.0 Å². The first-order valence-corrected chi connectivity index (χ1v) is 8.98. The van der Waals surface area contributed by atoms with Gasteiger partial charge in [0.25, 0.3) is 0 Å². The van der Waals surface area contributed by atoms with Crippen LogP contribution in [-0.4, -0.2) is 40.6 Å². The Morgan fingerprint density at radius 3 is 2.52 bits per heavy atom. The van der Waals surface area contributed by atoms with Crippen LogP contribution in [0.25, 0.3) is 0 Å². The molecular weight excluding hydrogens is 292 g/mol. The van der Waals surface area contributed by atoms with Crippen molar-refractivity contribution in [1.82, 2.24) is 14.8 Å². The van der Waals surface area contributed by atoms with E-state index in [0.717, 1.165) is 12.8 Å². The number of hydrogen-bond acceptors (Lipinski definition) is 5. The minimum atomic E-state index is -3.37. The van der Waals surface area contributed by atoms with Crippen LogP contribution in [-0.2, 0) is 21.7 Å². The van der Waals surface area contributed by atoms with E-state index < -0.39 is 21.5 Å². The first-order chi connectivity index (χ1) is 9.75. The Morgan fingerprint density at radius 2 is 2.00 bits per heavy atom. The zero-order valence-corrected chi connectivity index (χ0v) is 13.9. The molecule has 7 nitrogen and oxygen atoms in total. The highest BCUT2D eigenvalue weighted by Crippen LogP contribution is 2.12. The van der Waals surface area contributed by atoms with E-state index in [9.17, 15) is 13.2 Å². The van der Waals surface area contributed by atoms with Crippen molar-refractivity contribution < 1.29 is 13.2 Å². The third-order valence-electron chi connectivity index (χ3n) is 2.96. The minimum Gasteiger partial charge on any atom is -0.294 e. The predicted molar refractivity (Wildman–Crippen MR) is 81.9 cm³/mol. The molecule has 0 bridgehead atoms. The zero-order chi connectivity index (χ0) is 16.0. The lowest BCUT2D eigenvalue weighted by Gasteiger charge is -2.05. The van der Waals surface area contributed by atoms with Crippen LogP contribution in [0, 0.1) is 0 Å². The molecule has 0 saturated carbocycles. The van der Waals surface area contributed by atoms with Gasteiger partial charge in [0.1, 0.15) is 5.75 Å². The number of nitrogens with one attached hydrogen (secondary N) is 1. The highest BCUT2D eigenvalue weighted by Gasteiger charge is 2.19. The summed E-state index contributed by atoms with van der Waals surface area (Å²) in [5.74, 6) is -0.0201. The van der Waals surface area contributed by atoms with E-state index in [1.165, 1.54) is 4.68 Å². The summed E-state index contributed by atoms with van der Waals surface area (Å²) in [7, 11) is -1.71. The van der Waals surface area contributed by atoms with Crippen LogP contribution in [0.3, 0.4) is 0 Å². The predicted octanol–water partition coefficient (Wildman–Crippen LogP) is 1.48. The van der Waals surface area contributed by atoms with Crippen molar-refractivity contribution in [3.05, 3.63) is 5.82 Å². The molecule has 1 amide bonds. The second-order valence-corrected chi connectivity index (χ2v) is 7.60. The van der Waals surface area contributed by atoms with Crippen molar-refractivity contribution in [2.75, 3.05) is 16.8 Å². The first-order valence-electron chi connectivity index (χ1n) is 7.16. The highest BCUT2D eigenvalue weighted by atomic mass is 32.2. The van der Waals surface area contributed by atoms with E-state index in [-0.39, 0.29) is 17.6 Å². The average molecular weight is 316 g/mol. The number of sulfone groups is 1. The second-order valence-electron chi connectivity index (χ2n) is 5.42. The highest BCUT2D eigenvalue weighted by molar-refractivity contribution is 7.92. The maximum Gasteiger partial charge on any atom is 0.241 e. The van der Waals surface area contributed by atoms with Gasteiger partial charge in [-0.3, -0.25) is 10.1 Å². The maximum absolute atomic E-state index is 11.8. The van der Waals surface area contributed by atoms with Gasteiger partial charge in [0.05, 0.1) is 5.75 Å². The quantitative estimate of drug-likeness (QED) is 0.733. The Morgan fingerprint density at radius 1 is 1.33 bits per heavy atom. The molecule has 0 fully saturated rings. The maximum atomic E-state index is 11.8. The molecule has 0 spiro atoms. The van der Waals surface area contributed by atoms with E-state index in [1.54, 1.807) is 7.05 Å². The van der Waals surface area contributed by atoms with Crippen LogP contribution in [0.15, 0.2) is 0 Å². The van der Waals surface area contributed by atoms with Gasteiger partial charge in [-0.05, 0) is 6.42 Å². The summed E-state index contributed by atoms with van der Waals surface area (Å²) in [5, 5.41) is 6.66. The van der Waals surface area contributed by atoms with Crippen molar-refractivity contribution in [2.24, 2.45) is 7.05 Å². The van der Waals surface area contributed by atoms with Crippen molar-refractivity contribution >= 4 is 21.7 Å². The van der Waals surface area contributed by atoms with Crippen LogP contribution in [0.5, 0.6) is 0 Å². The minimum absolute atomic E-state index is 0.0460. The van der Waals surface area contributed by atoms with Gasteiger partial charge in [-0.1, -0.05) is 33.6 Å². The van der Waals surface area contributed by atoms with E-state index in [4.69, 9.17) is 0 Å². The molecule has 1 rings (SSSR count). The van der Waals surface area contributed by atoms with Crippen LogP contribution >= 0.6 is 0 Å². The molecule has 8 heteroatoms. The van der Waals surface area contributed by atoms with Gasteiger partial charge in [-0.2, -0.15) is 10.1 Å². The molecule has 0 aliphatic rings. The van der Waals surface area contributed by atoms with Crippen molar-refractivity contribution in [3.8, 4) is 0 Å². The van der Waals surface area contributed by atoms with E-state index >= 15 is 0 Å². The number of hydrogen-bond donors (Lipinski definition) is 1. The lowest BCUT2D eigenvalue weighted by Crippen LogP contribution is -2.26. The number of anilines is 1. The van der Waals surface area contributed by atoms with E-state index in [2.05, 4.69) is 15.4 Å². The Labute approximate surface area is 126 Å². The summed E-state index contributed by atoms with van der Waals surface area (Å²) < 4.78 is 25.0. The number of rotatable bonds is 8. The average Bonchev–Trinajstić information content (AvgIpc) is 2.70. The summed E-state index contributed by atoms with van der Waals surface area (Å²) in [4.78, 5) is 16.0. The topological polar surface area (TPSA) is 93.9 Å². The third-order valence-corrected chi connectivity index (χ3v) is 4.57. The van der Waals surface area contributed by atoms with Gasteiger partial charge in [0.15, 0.2) is 15.7 Å². The number of unbranched alkanes of at least 4 members (excludes halogenated alkanes) is 2. The Kier molecular flexibility index (Phi) is 6.32. The fourth-order valence-electron chi connectivity index (χ4n) is 1.76. The molecule has 0 aliphatic heterocycles. The van der Waals surface area contributed by atoms with Crippen molar-refractivity contribution in [2.45, 2.75) is 46.0 Å². The Bertz CT molecular complexity index is 578. The number of aromatic nitrogens is 3. The molecule has 0 radical (unpaired) electrons. The molecule has 0 aliphatic carbocycles. The largest absolute Gasteiger partial charge is 0.294 e. The van der Waals surface area contributed by atoms with Crippen LogP contribution in [0.2, 0.25) is 0 Å². The normalized spacial score (nSPS) is 11.9. The van der Waals surface area contributed by atoms with Gasteiger partial charge < -0.3 is 0 Å².